The highest BCUT2D eigenvalue weighted by molar-refractivity contribution is 7.80. The van der Waals surface area contributed by atoms with Crippen LogP contribution in [-0.4, -0.2) is 15.7 Å². The smallest absolute Gasteiger partial charge is 0.132 e. The van der Waals surface area contributed by atoms with E-state index in [1.54, 1.807) is 24.4 Å². The maximum atomic E-state index is 13.4. The molecule has 0 bridgehead atoms. The molecular formula is C11H11FN2S. The van der Waals surface area contributed by atoms with Crippen molar-refractivity contribution in [1.82, 2.24) is 9.97 Å². The molecule has 0 saturated heterocycles. The van der Waals surface area contributed by atoms with Crippen LogP contribution in [0.5, 0.6) is 0 Å². The Hall–Kier alpha value is -1.29. The van der Waals surface area contributed by atoms with Crippen molar-refractivity contribution < 1.29 is 4.39 Å². The van der Waals surface area contributed by atoms with E-state index < -0.39 is 0 Å². The molecule has 0 radical (unpaired) electrons. The van der Waals surface area contributed by atoms with Crippen LogP contribution in [0.3, 0.4) is 0 Å². The Morgan fingerprint density at radius 2 is 2.13 bits per heavy atom. The minimum Gasteiger partial charge on any atom is -0.342 e. The Morgan fingerprint density at radius 3 is 2.87 bits per heavy atom. The van der Waals surface area contributed by atoms with Crippen LogP contribution in [0, 0.1) is 5.82 Å². The minimum absolute atomic E-state index is 0.237. The third-order valence-corrected chi connectivity index (χ3v) is 2.36. The molecular weight excluding hydrogens is 211 g/mol. The predicted molar refractivity (Wildman–Crippen MR) is 61.5 cm³/mol. The molecule has 0 amide bonds. The molecule has 4 heteroatoms. The number of thiol groups is 1. The largest absolute Gasteiger partial charge is 0.342 e. The van der Waals surface area contributed by atoms with Gasteiger partial charge in [0.05, 0.1) is 11.9 Å². The Labute approximate surface area is 93.0 Å². The van der Waals surface area contributed by atoms with Crippen LogP contribution in [0.1, 0.15) is 5.82 Å². The van der Waals surface area contributed by atoms with E-state index in [1.807, 2.05) is 0 Å². The average Bonchev–Trinajstić information content (AvgIpc) is 2.68. The number of imidazole rings is 1. The first kappa shape index (κ1) is 10.2. The van der Waals surface area contributed by atoms with Gasteiger partial charge in [-0.05, 0) is 17.9 Å². The molecule has 0 aliphatic rings. The summed E-state index contributed by atoms with van der Waals surface area (Å²) < 4.78 is 13.4. The highest BCUT2D eigenvalue weighted by atomic mass is 32.1. The van der Waals surface area contributed by atoms with Crippen LogP contribution < -0.4 is 0 Å². The lowest BCUT2D eigenvalue weighted by atomic mass is 10.1. The molecule has 2 rings (SSSR count). The first-order valence-corrected chi connectivity index (χ1v) is 5.34. The van der Waals surface area contributed by atoms with Gasteiger partial charge in [-0.25, -0.2) is 9.37 Å². The normalized spacial score (nSPS) is 10.5. The van der Waals surface area contributed by atoms with Gasteiger partial charge in [0.25, 0.3) is 0 Å². The number of hydrogen-bond acceptors (Lipinski definition) is 2. The summed E-state index contributed by atoms with van der Waals surface area (Å²) >= 11 is 4.11. The van der Waals surface area contributed by atoms with Crippen molar-refractivity contribution in [2.45, 2.75) is 6.42 Å². The standard InChI is InChI=1S/C11H11FN2S/c12-9-4-2-1-3-8(9)10-7-13-11(14-10)5-6-15/h1-4,7,15H,5-6H2,(H,13,14). The summed E-state index contributed by atoms with van der Waals surface area (Å²) in [5.41, 5.74) is 1.26. The second-order valence-corrected chi connectivity index (χ2v) is 3.64. The average molecular weight is 222 g/mol. The number of H-pyrrole nitrogens is 1. The third-order valence-electron chi connectivity index (χ3n) is 2.14. The monoisotopic (exact) mass is 222 g/mol. The number of aryl methyl sites for hydroxylation is 1. The van der Waals surface area contributed by atoms with Crippen molar-refractivity contribution in [3.63, 3.8) is 0 Å². The molecule has 0 spiro atoms. The van der Waals surface area contributed by atoms with Gasteiger partial charge >= 0.3 is 0 Å². The van der Waals surface area contributed by atoms with Crippen molar-refractivity contribution in [2.75, 3.05) is 5.75 Å². The van der Waals surface area contributed by atoms with E-state index in [-0.39, 0.29) is 5.82 Å². The fraction of sp³-hybridized carbons (Fsp3) is 0.182. The zero-order valence-corrected chi connectivity index (χ0v) is 8.97. The molecule has 1 N–H and O–H groups in total. The van der Waals surface area contributed by atoms with Crippen LogP contribution >= 0.6 is 12.6 Å². The number of aromatic nitrogens is 2. The second kappa shape index (κ2) is 4.49. The summed E-state index contributed by atoms with van der Waals surface area (Å²) in [6, 6.07) is 6.64. The van der Waals surface area contributed by atoms with Crippen LogP contribution in [0.4, 0.5) is 4.39 Å². The third kappa shape index (κ3) is 2.21. The van der Waals surface area contributed by atoms with Crippen molar-refractivity contribution in [3.05, 3.63) is 42.1 Å². The van der Waals surface area contributed by atoms with Gasteiger partial charge in [0, 0.05) is 12.0 Å². The van der Waals surface area contributed by atoms with E-state index in [0.717, 1.165) is 18.0 Å². The highest BCUT2D eigenvalue weighted by Crippen LogP contribution is 2.20. The summed E-state index contributed by atoms with van der Waals surface area (Å²) in [5.74, 6) is 1.33. The minimum atomic E-state index is -0.237. The molecule has 0 atom stereocenters. The molecule has 0 saturated carbocycles. The molecule has 1 aromatic carbocycles. The maximum Gasteiger partial charge on any atom is 0.132 e. The zero-order chi connectivity index (χ0) is 10.7. The molecule has 0 aliphatic heterocycles. The lowest BCUT2D eigenvalue weighted by Gasteiger charge is -1.98. The quantitative estimate of drug-likeness (QED) is 0.768. The molecule has 2 aromatic rings. The summed E-state index contributed by atoms with van der Waals surface area (Å²) in [4.78, 5) is 7.22. The Bertz CT molecular complexity index is 453. The molecule has 0 fully saturated rings. The first-order valence-electron chi connectivity index (χ1n) is 4.71. The van der Waals surface area contributed by atoms with Gasteiger partial charge in [0.15, 0.2) is 0 Å². The van der Waals surface area contributed by atoms with E-state index in [9.17, 15) is 4.39 Å². The number of aromatic amines is 1. The van der Waals surface area contributed by atoms with Gasteiger partial charge in [-0.15, -0.1) is 0 Å². The number of benzene rings is 1. The number of rotatable bonds is 3. The van der Waals surface area contributed by atoms with Crippen molar-refractivity contribution >= 4 is 12.6 Å². The van der Waals surface area contributed by atoms with Crippen LogP contribution in [-0.2, 0) is 6.42 Å². The maximum absolute atomic E-state index is 13.4. The van der Waals surface area contributed by atoms with Crippen molar-refractivity contribution in [2.24, 2.45) is 0 Å². The van der Waals surface area contributed by atoms with E-state index in [2.05, 4.69) is 22.6 Å². The highest BCUT2D eigenvalue weighted by Gasteiger charge is 2.06. The molecule has 1 aromatic heterocycles. The molecule has 15 heavy (non-hydrogen) atoms. The molecule has 0 unspecified atom stereocenters. The number of halogens is 1. The Morgan fingerprint density at radius 1 is 1.33 bits per heavy atom. The molecule has 0 aliphatic carbocycles. The zero-order valence-electron chi connectivity index (χ0n) is 8.07. The van der Waals surface area contributed by atoms with Gasteiger partial charge in [0.2, 0.25) is 0 Å². The lowest BCUT2D eigenvalue weighted by molar-refractivity contribution is 0.631. The number of nitrogens with one attached hydrogen (secondary N) is 1. The lowest BCUT2D eigenvalue weighted by Crippen LogP contribution is -1.89. The topological polar surface area (TPSA) is 28.7 Å². The summed E-state index contributed by atoms with van der Waals surface area (Å²) in [6.07, 6.45) is 2.41. The van der Waals surface area contributed by atoms with E-state index in [4.69, 9.17) is 0 Å². The number of hydrogen-bond donors (Lipinski definition) is 2. The number of nitrogens with zero attached hydrogens (tertiary/aromatic N) is 1. The van der Waals surface area contributed by atoms with Crippen LogP contribution in [0.15, 0.2) is 30.5 Å². The fourth-order valence-electron chi connectivity index (χ4n) is 1.41. The van der Waals surface area contributed by atoms with E-state index in [1.165, 1.54) is 6.07 Å². The van der Waals surface area contributed by atoms with Crippen LogP contribution in [0.25, 0.3) is 11.3 Å². The van der Waals surface area contributed by atoms with Gasteiger partial charge in [-0.3, -0.25) is 0 Å². The van der Waals surface area contributed by atoms with Crippen molar-refractivity contribution in [3.8, 4) is 11.3 Å². The summed E-state index contributed by atoms with van der Waals surface area (Å²) in [6.45, 7) is 0. The van der Waals surface area contributed by atoms with Crippen molar-refractivity contribution in [1.29, 1.82) is 0 Å². The second-order valence-electron chi connectivity index (χ2n) is 3.20. The Balaban J connectivity index is 2.33. The molecule has 1 heterocycles. The molecule has 2 nitrogen and oxygen atoms in total. The first-order chi connectivity index (χ1) is 7.31. The summed E-state index contributed by atoms with van der Waals surface area (Å²) in [5, 5.41) is 0. The van der Waals surface area contributed by atoms with Crippen LogP contribution in [0.2, 0.25) is 0 Å². The van der Waals surface area contributed by atoms with Gasteiger partial charge in [-0.1, -0.05) is 12.1 Å². The fourth-order valence-corrected chi connectivity index (χ4v) is 1.62. The van der Waals surface area contributed by atoms with E-state index in [0.29, 0.717) is 11.3 Å². The van der Waals surface area contributed by atoms with Gasteiger partial charge in [0.1, 0.15) is 11.6 Å². The van der Waals surface area contributed by atoms with Gasteiger partial charge in [-0.2, -0.15) is 12.6 Å². The molecule has 78 valence electrons. The Kier molecular flexibility index (Phi) is 3.06. The van der Waals surface area contributed by atoms with Gasteiger partial charge < -0.3 is 4.98 Å². The SMILES string of the molecule is Fc1ccccc1-c1cnc(CCS)[nH]1. The predicted octanol–water partition coefficient (Wildman–Crippen LogP) is 2.69. The summed E-state index contributed by atoms with van der Waals surface area (Å²) in [7, 11) is 0. The van der Waals surface area contributed by atoms with E-state index >= 15 is 0 Å².